The summed E-state index contributed by atoms with van der Waals surface area (Å²) >= 11 is 5.73. The average molecular weight is 184 g/mol. The van der Waals surface area contributed by atoms with E-state index in [-0.39, 0.29) is 0 Å². The van der Waals surface area contributed by atoms with Gasteiger partial charge in [-0.2, -0.15) is 0 Å². The Kier molecular flexibility index (Phi) is 1.93. The third kappa shape index (κ3) is 1.27. The monoisotopic (exact) mass is 183 g/mol. The number of nitrogens with zero attached hydrogens (tertiary/aromatic N) is 1. The molecule has 0 amide bonds. The Hall–Kier alpha value is -0.760. The first-order chi connectivity index (χ1) is 5.77. The third-order valence-electron chi connectivity index (χ3n) is 2.20. The normalized spacial score (nSPS) is 21.3. The molecule has 1 aromatic heterocycles. The van der Waals surface area contributed by atoms with Gasteiger partial charge in [0, 0.05) is 17.8 Å². The maximum absolute atomic E-state index is 5.73. The Morgan fingerprint density at radius 2 is 2.50 bits per heavy atom. The minimum absolute atomic E-state index is 0.503. The van der Waals surface area contributed by atoms with Crippen LogP contribution < -0.4 is 4.74 Å². The molecular formula is C9H10ClNO. The van der Waals surface area contributed by atoms with Crippen molar-refractivity contribution in [2.45, 2.75) is 19.3 Å². The molecule has 0 bridgehead atoms. The van der Waals surface area contributed by atoms with E-state index >= 15 is 0 Å². The minimum atomic E-state index is 0.503. The highest BCUT2D eigenvalue weighted by Crippen LogP contribution is 2.33. The van der Waals surface area contributed by atoms with Crippen molar-refractivity contribution in [2.75, 3.05) is 6.61 Å². The van der Waals surface area contributed by atoms with E-state index in [9.17, 15) is 0 Å². The molecule has 0 aliphatic carbocycles. The van der Waals surface area contributed by atoms with Crippen molar-refractivity contribution < 1.29 is 4.74 Å². The fourth-order valence-corrected chi connectivity index (χ4v) is 1.57. The van der Waals surface area contributed by atoms with Crippen LogP contribution in [0.1, 0.15) is 24.8 Å². The number of ether oxygens (including phenoxy) is 1. The van der Waals surface area contributed by atoms with Gasteiger partial charge < -0.3 is 4.74 Å². The highest BCUT2D eigenvalue weighted by Gasteiger charge is 2.17. The van der Waals surface area contributed by atoms with Gasteiger partial charge in [-0.25, -0.2) is 4.98 Å². The number of pyridine rings is 1. The largest absolute Gasteiger partial charge is 0.493 e. The Labute approximate surface area is 76.5 Å². The van der Waals surface area contributed by atoms with Crippen LogP contribution in [0.2, 0.25) is 5.15 Å². The topological polar surface area (TPSA) is 22.1 Å². The van der Waals surface area contributed by atoms with E-state index in [1.54, 1.807) is 6.07 Å². The van der Waals surface area contributed by atoms with Gasteiger partial charge in [0.15, 0.2) is 0 Å². The molecule has 0 saturated heterocycles. The molecule has 3 heteroatoms. The highest BCUT2D eigenvalue weighted by molar-refractivity contribution is 6.29. The van der Waals surface area contributed by atoms with Crippen molar-refractivity contribution in [3.05, 3.63) is 23.0 Å². The number of aromatic nitrogens is 1. The van der Waals surface area contributed by atoms with E-state index in [0.717, 1.165) is 18.8 Å². The molecule has 0 radical (unpaired) electrons. The Bertz CT molecular complexity index is 301. The van der Waals surface area contributed by atoms with Crippen LogP contribution in [0, 0.1) is 0 Å². The summed E-state index contributed by atoms with van der Waals surface area (Å²) in [7, 11) is 0. The predicted octanol–water partition coefficient (Wildman–Crippen LogP) is 2.62. The lowest BCUT2D eigenvalue weighted by Gasteiger charge is -2.22. The maximum atomic E-state index is 5.73. The summed E-state index contributed by atoms with van der Waals surface area (Å²) in [5.74, 6) is 1.44. The van der Waals surface area contributed by atoms with E-state index in [2.05, 4.69) is 11.9 Å². The molecule has 2 heterocycles. The van der Waals surface area contributed by atoms with Gasteiger partial charge in [0.1, 0.15) is 10.9 Å². The van der Waals surface area contributed by atoms with Crippen molar-refractivity contribution in [1.82, 2.24) is 4.98 Å². The molecule has 1 aliphatic heterocycles. The number of hydrogen-bond donors (Lipinski definition) is 0. The minimum Gasteiger partial charge on any atom is -0.493 e. The predicted molar refractivity (Wildman–Crippen MR) is 47.8 cm³/mol. The van der Waals surface area contributed by atoms with E-state index in [1.165, 1.54) is 5.56 Å². The van der Waals surface area contributed by atoms with Crippen LogP contribution in [-0.2, 0) is 0 Å². The molecule has 0 unspecified atom stereocenters. The fraction of sp³-hybridized carbons (Fsp3) is 0.444. The molecule has 0 spiro atoms. The van der Waals surface area contributed by atoms with E-state index in [0.29, 0.717) is 11.1 Å². The van der Waals surface area contributed by atoms with Gasteiger partial charge in [-0.15, -0.1) is 0 Å². The third-order valence-corrected chi connectivity index (χ3v) is 2.41. The van der Waals surface area contributed by atoms with Crippen LogP contribution in [0.5, 0.6) is 5.75 Å². The first kappa shape index (κ1) is 7.87. The molecule has 0 fully saturated rings. The number of halogens is 1. The highest BCUT2D eigenvalue weighted by atomic mass is 35.5. The van der Waals surface area contributed by atoms with Crippen LogP contribution in [0.3, 0.4) is 0 Å². The van der Waals surface area contributed by atoms with Crippen LogP contribution in [0.25, 0.3) is 0 Å². The van der Waals surface area contributed by atoms with Crippen molar-refractivity contribution in [3.63, 3.8) is 0 Å². The molecule has 64 valence electrons. The van der Waals surface area contributed by atoms with E-state index in [1.807, 2.05) is 6.20 Å². The molecule has 2 rings (SSSR count). The summed E-state index contributed by atoms with van der Waals surface area (Å²) in [4.78, 5) is 4.03. The van der Waals surface area contributed by atoms with Crippen molar-refractivity contribution in [2.24, 2.45) is 0 Å². The Morgan fingerprint density at radius 1 is 1.67 bits per heavy atom. The van der Waals surface area contributed by atoms with Crippen LogP contribution in [0.4, 0.5) is 0 Å². The van der Waals surface area contributed by atoms with Crippen LogP contribution in [0.15, 0.2) is 12.3 Å². The second-order valence-electron chi connectivity index (χ2n) is 3.08. The van der Waals surface area contributed by atoms with Gasteiger partial charge in [-0.05, 0) is 12.3 Å². The zero-order valence-corrected chi connectivity index (χ0v) is 7.64. The summed E-state index contributed by atoms with van der Waals surface area (Å²) in [5, 5.41) is 0.503. The lowest BCUT2D eigenvalue weighted by molar-refractivity contribution is 0.271. The van der Waals surface area contributed by atoms with Crippen molar-refractivity contribution in [1.29, 1.82) is 0 Å². The quantitative estimate of drug-likeness (QED) is 0.577. The lowest BCUT2D eigenvalue weighted by Crippen LogP contribution is -2.12. The molecule has 1 aromatic rings. The standard InChI is InChI=1S/C9H10ClNO/c1-6-2-3-12-8-4-9(10)11-5-7(6)8/h4-6H,2-3H2,1H3/t6-/m0/s1. The molecule has 0 N–H and O–H groups in total. The summed E-state index contributed by atoms with van der Waals surface area (Å²) in [5.41, 5.74) is 1.17. The molecule has 1 atom stereocenters. The molecular weight excluding hydrogens is 174 g/mol. The molecule has 2 nitrogen and oxygen atoms in total. The summed E-state index contributed by atoms with van der Waals surface area (Å²) in [6.45, 7) is 2.96. The van der Waals surface area contributed by atoms with E-state index < -0.39 is 0 Å². The van der Waals surface area contributed by atoms with Crippen molar-refractivity contribution >= 4 is 11.6 Å². The van der Waals surface area contributed by atoms with Gasteiger partial charge in [0.2, 0.25) is 0 Å². The van der Waals surface area contributed by atoms with Gasteiger partial charge in [-0.3, -0.25) is 0 Å². The summed E-state index contributed by atoms with van der Waals surface area (Å²) in [6.07, 6.45) is 2.87. The summed E-state index contributed by atoms with van der Waals surface area (Å²) in [6, 6.07) is 1.78. The van der Waals surface area contributed by atoms with Crippen molar-refractivity contribution in [3.8, 4) is 5.75 Å². The maximum Gasteiger partial charge on any atom is 0.132 e. The van der Waals surface area contributed by atoms with E-state index in [4.69, 9.17) is 16.3 Å². The zero-order valence-electron chi connectivity index (χ0n) is 6.88. The Morgan fingerprint density at radius 3 is 3.33 bits per heavy atom. The SMILES string of the molecule is C[C@H]1CCOc2cc(Cl)ncc21. The Balaban J connectivity index is 2.46. The molecule has 0 saturated carbocycles. The first-order valence-electron chi connectivity index (χ1n) is 4.05. The van der Waals surface area contributed by atoms with Crippen LogP contribution in [-0.4, -0.2) is 11.6 Å². The fourth-order valence-electron chi connectivity index (χ4n) is 1.42. The molecule has 1 aliphatic rings. The van der Waals surface area contributed by atoms with Gasteiger partial charge in [-0.1, -0.05) is 18.5 Å². The molecule has 0 aromatic carbocycles. The van der Waals surface area contributed by atoms with Gasteiger partial charge in [0.05, 0.1) is 6.61 Å². The molecule has 12 heavy (non-hydrogen) atoms. The number of rotatable bonds is 0. The van der Waals surface area contributed by atoms with Gasteiger partial charge >= 0.3 is 0 Å². The number of hydrogen-bond acceptors (Lipinski definition) is 2. The second-order valence-corrected chi connectivity index (χ2v) is 3.47. The summed E-state index contributed by atoms with van der Waals surface area (Å²) < 4.78 is 5.45. The average Bonchev–Trinajstić information content (AvgIpc) is 2.04. The van der Waals surface area contributed by atoms with Crippen LogP contribution >= 0.6 is 11.6 Å². The van der Waals surface area contributed by atoms with Gasteiger partial charge in [0.25, 0.3) is 0 Å². The lowest BCUT2D eigenvalue weighted by atomic mass is 9.97. The first-order valence-corrected chi connectivity index (χ1v) is 4.43. The second kappa shape index (κ2) is 2.94. The smallest absolute Gasteiger partial charge is 0.132 e. The number of fused-ring (bicyclic) bond motifs is 1. The zero-order chi connectivity index (χ0) is 8.55.